The second-order valence-corrected chi connectivity index (χ2v) is 10.9. The van der Waals surface area contributed by atoms with Crippen molar-refractivity contribution >= 4 is 16.8 Å². The predicted molar refractivity (Wildman–Crippen MR) is 144 cm³/mol. The second kappa shape index (κ2) is 10.2. The Kier molecular flexibility index (Phi) is 6.81. The van der Waals surface area contributed by atoms with Crippen LogP contribution < -0.4 is 14.8 Å². The number of methoxy groups -OCH3 is 1. The molecule has 1 aliphatic heterocycles. The van der Waals surface area contributed by atoms with Gasteiger partial charge in [0, 0.05) is 46.4 Å². The standard InChI is InChI=1S/C30H27F5N4O3/c1-14-13-42-27-19(14)10-22(37-26(27)18-4-5-21(31)24(32)15(18)2)20(30(35)6-7-30)11-36-28(40)16-8-17-12-39(29(33)34)38-25(17)23(9-16)41-3/h4-5,8-10,12,14,20,29H,6-7,11,13H2,1-3H3,(H,36,40)/t14-,20-/m1/s1. The van der Waals surface area contributed by atoms with Crippen molar-refractivity contribution < 1.29 is 36.2 Å². The molecule has 6 rings (SSSR count). The van der Waals surface area contributed by atoms with Crippen LogP contribution in [0.3, 0.4) is 0 Å². The summed E-state index contributed by atoms with van der Waals surface area (Å²) in [5, 5.41) is 6.86. The van der Waals surface area contributed by atoms with Gasteiger partial charge in [-0.1, -0.05) is 6.92 Å². The predicted octanol–water partition coefficient (Wildman–Crippen LogP) is 6.60. The Morgan fingerprint density at radius 3 is 2.69 bits per heavy atom. The number of hydrogen-bond donors (Lipinski definition) is 1. The van der Waals surface area contributed by atoms with Crippen LogP contribution in [0.2, 0.25) is 0 Å². The van der Waals surface area contributed by atoms with Gasteiger partial charge in [0.05, 0.1) is 19.6 Å². The molecule has 7 nitrogen and oxygen atoms in total. The van der Waals surface area contributed by atoms with E-state index in [1.165, 1.54) is 32.2 Å². The van der Waals surface area contributed by atoms with E-state index in [4.69, 9.17) is 14.5 Å². The van der Waals surface area contributed by atoms with Crippen molar-refractivity contribution in [1.29, 1.82) is 0 Å². The molecule has 12 heteroatoms. The van der Waals surface area contributed by atoms with Crippen molar-refractivity contribution in [2.45, 2.75) is 50.7 Å². The molecular formula is C30H27F5N4O3. The van der Waals surface area contributed by atoms with E-state index in [9.17, 15) is 22.4 Å². The molecule has 2 aliphatic rings. The summed E-state index contributed by atoms with van der Waals surface area (Å²) in [4.78, 5) is 18.0. The third-order valence-corrected chi connectivity index (χ3v) is 8.07. The van der Waals surface area contributed by atoms with Gasteiger partial charge in [-0.2, -0.15) is 13.9 Å². The Labute approximate surface area is 237 Å². The van der Waals surface area contributed by atoms with Gasteiger partial charge in [-0.25, -0.2) is 22.8 Å². The molecular weight excluding hydrogens is 559 g/mol. The molecule has 0 radical (unpaired) electrons. The molecule has 1 fully saturated rings. The van der Waals surface area contributed by atoms with E-state index < -0.39 is 35.7 Å². The average Bonchev–Trinajstić information content (AvgIpc) is 3.37. The summed E-state index contributed by atoms with van der Waals surface area (Å²) < 4.78 is 82.3. The number of benzene rings is 2. The molecule has 2 atom stereocenters. The number of aromatic nitrogens is 3. The van der Waals surface area contributed by atoms with Crippen LogP contribution in [0.15, 0.2) is 36.5 Å². The van der Waals surface area contributed by atoms with Crippen LogP contribution >= 0.6 is 0 Å². The summed E-state index contributed by atoms with van der Waals surface area (Å²) in [6.07, 6.45) is 1.65. The van der Waals surface area contributed by atoms with Gasteiger partial charge in [0.25, 0.3) is 5.91 Å². The first kappa shape index (κ1) is 27.9. The first-order valence-corrected chi connectivity index (χ1v) is 13.5. The highest BCUT2D eigenvalue weighted by Crippen LogP contribution is 2.52. The fourth-order valence-electron chi connectivity index (χ4n) is 5.48. The fourth-order valence-corrected chi connectivity index (χ4v) is 5.48. The summed E-state index contributed by atoms with van der Waals surface area (Å²) in [6.45, 7) is 0.746. The van der Waals surface area contributed by atoms with Crippen LogP contribution in [-0.4, -0.2) is 46.6 Å². The molecule has 0 unspecified atom stereocenters. The minimum absolute atomic E-state index is 0.0514. The maximum Gasteiger partial charge on any atom is 0.333 e. The van der Waals surface area contributed by atoms with E-state index in [1.54, 1.807) is 6.07 Å². The molecule has 1 amide bonds. The van der Waals surface area contributed by atoms with Gasteiger partial charge in [-0.05, 0) is 55.7 Å². The maximum absolute atomic E-state index is 15.9. The monoisotopic (exact) mass is 586 g/mol. The Balaban J connectivity index is 1.35. The number of carbonyl (C=O) groups is 1. The van der Waals surface area contributed by atoms with E-state index >= 15 is 4.39 Å². The Morgan fingerprint density at radius 1 is 1.24 bits per heavy atom. The Morgan fingerprint density at radius 2 is 2.00 bits per heavy atom. The number of ether oxygens (including phenoxy) is 2. The van der Waals surface area contributed by atoms with Crippen LogP contribution in [0.4, 0.5) is 22.0 Å². The number of rotatable bonds is 8. The molecule has 3 heterocycles. The molecule has 0 saturated heterocycles. The minimum Gasteiger partial charge on any atom is -0.494 e. The van der Waals surface area contributed by atoms with Crippen LogP contribution in [-0.2, 0) is 0 Å². The largest absolute Gasteiger partial charge is 0.494 e. The highest BCUT2D eigenvalue weighted by atomic mass is 19.3. The van der Waals surface area contributed by atoms with E-state index in [0.29, 0.717) is 28.3 Å². The number of halogens is 5. The average molecular weight is 587 g/mol. The van der Waals surface area contributed by atoms with Crippen molar-refractivity contribution in [2.75, 3.05) is 20.3 Å². The number of amides is 1. The van der Waals surface area contributed by atoms with Gasteiger partial charge in [-0.3, -0.25) is 4.79 Å². The number of nitrogens with one attached hydrogen (secondary N) is 1. The summed E-state index contributed by atoms with van der Waals surface area (Å²) in [7, 11) is 1.34. The number of fused-ring (bicyclic) bond motifs is 2. The molecule has 1 saturated carbocycles. The lowest BCUT2D eigenvalue weighted by molar-refractivity contribution is 0.0573. The zero-order valence-corrected chi connectivity index (χ0v) is 23.0. The van der Waals surface area contributed by atoms with Crippen LogP contribution in [0.25, 0.3) is 22.2 Å². The lowest BCUT2D eigenvalue weighted by Gasteiger charge is -2.23. The van der Waals surface area contributed by atoms with Crippen molar-refractivity contribution in [2.24, 2.45) is 0 Å². The van der Waals surface area contributed by atoms with E-state index in [-0.39, 0.29) is 58.8 Å². The molecule has 220 valence electrons. The van der Waals surface area contributed by atoms with Gasteiger partial charge >= 0.3 is 6.55 Å². The zero-order chi connectivity index (χ0) is 29.9. The smallest absolute Gasteiger partial charge is 0.333 e. The first-order valence-electron chi connectivity index (χ1n) is 13.5. The normalized spacial score (nSPS) is 17.7. The van der Waals surface area contributed by atoms with Gasteiger partial charge in [0.2, 0.25) is 0 Å². The lowest BCUT2D eigenvalue weighted by atomic mass is 9.91. The minimum atomic E-state index is -2.87. The second-order valence-electron chi connectivity index (χ2n) is 10.9. The molecule has 42 heavy (non-hydrogen) atoms. The van der Waals surface area contributed by atoms with Crippen LogP contribution in [0.5, 0.6) is 11.5 Å². The van der Waals surface area contributed by atoms with Gasteiger partial charge in [-0.15, -0.1) is 0 Å². The summed E-state index contributed by atoms with van der Waals surface area (Å²) in [6, 6.07) is 6.99. The topological polar surface area (TPSA) is 78.3 Å². The van der Waals surface area contributed by atoms with Crippen molar-refractivity contribution in [3.8, 4) is 22.8 Å². The zero-order valence-electron chi connectivity index (χ0n) is 23.0. The van der Waals surface area contributed by atoms with E-state index in [1.807, 2.05) is 6.92 Å². The van der Waals surface area contributed by atoms with Gasteiger partial charge < -0.3 is 14.8 Å². The van der Waals surface area contributed by atoms with Gasteiger partial charge in [0.15, 0.2) is 11.6 Å². The Bertz CT molecular complexity index is 1720. The van der Waals surface area contributed by atoms with E-state index in [2.05, 4.69) is 10.4 Å². The molecule has 1 aliphatic carbocycles. The molecule has 0 bridgehead atoms. The molecule has 4 aromatic rings. The fraction of sp³-hybridized carbons (Fsp3) is 0.367. The SMILES string of the molecule is COc1cc(C(=O)NC[C@H](c2cc3c(c(-c4ccc(F)c(F)c4C)n2)OC[C@H]3C)C2(F)CC2)cc2cn(C(F)F)nc12. The highest BCUT2D eigenvalue weighted by molar-refractivity contribution is 5.99. The summed E-state index contributed by atoms with van der Waals surface area (Å²) in [5.74, 6) is -2.88. The van der Waals surface area contributed by atoms with E-state index in [0.717, 1.165) is 17.8 Å². The molecule has 2 aromatic heterocycles. The molecule has 2 aromatic carbocycles. The lowest BCUT2D eigenvalue weighted by Crippen LogP contribution is -2.33. The third-order valence-electron chi connectivity index (χ3n) is 8.07. The number of pyridine rings is 1. The number of alkyl halides is 3. The maximum atomic E-state index is 15.9. The number of nitrogens with zero attached hydrogens (tertiary/aromatic N) is 3. The van der Waals surface area contributed by atoms with Crippen molar-refractivity contribution in [3.63, 3.8) is 0 Å². The quantitative estimate of drug-likeness (QED) is 0.236. The first-order chi connectivity index (χ1) is 20.0. The van der Waals surface area contributed by atoms with Crippen molar-refractivity contribution in [3.05, 3.63) is 70.5 Å². The van der Waals surface area contributed by atoms with Crippen LogP contribution in [0, 0.1) is 18.6 Å². The van der Waals surface area contributed by atoms with Crippen molar-refractivity contribution in [1.82, 2.24) is 20.1 Å². The summed E-state index contributed by atoms with van der Waals surface area (Å²) >= 11 is 0. The number of carbonyl (C=O) groups excluding carboxylic acids is 1. The number of hydrogen-bond acceptors (Lipinski definition) is 5. The highest BCUT2D eigenvalue weighted by Gasteiger charge is 2.52. The molecule has 1 N–H and O–H groups in total. The van der Waals surface area contributed by atoms with Gasteiger partial charge in [0.1, 0.15) is 28.4 Å². The summed E-state index contributed by atoms with van der Waals surface area (Å²) in [5.41, 5.74) is 0.465. The van der Waals surface area contributed by atoms with Crippen LogP contribution in [0.1, 0.15) is 65.3 Å². The third kappa shape index (κ3) is 4.72. The Hall–Kier alpha value is -4.22. The molecule has 0 spiro atoms.